The Labute approximate surface area is 83.0 Å². The molecule has 0 atom stereocenters. The van der Waals surface area contributed by atoms with Crippen molar-refractivity contribution in [1.29, 1.82) is 0 Å². The summed E-state index contributed by atoms with van der Waals surface area (Å²) >= 11 is 0. The van der Waals surface area contributed by atoms with Gasteiger partial charge >= 0.3 is 0 Å². The van der Waals surface area contributed by atoms with Crippen LogP contribution < -0.4 is 5.56 Å². The Kier molecular flexibility index (Phi) is 3.28. The van der Waals surface area contributed by atoms with Gasteiger partial charge in [0.2, 0.25) is 5.88 Å². The normalized spacial score (nSPS) is 10.9. The van der Waals surface area contributed by atoms with Crippen molar-refractivity contribution in [3.8, 4) is 5.88 Å². The van der Waals surface area contributed by atoms with E-state index >= 15 is 0 Å². The fourth-order valence-electron chi connectivity index (χ4n) is 1.41. The van der Waals surface area contributed by atoms with Gasteiger partial charge in [0.05, 0.1) is 5.56 Å². The summed E-state index contributed by atoms with van der Waals surface area (Å²) in [5.41, 5.74) is 0.0270. The van der Waals surface area contributed by atoms with Crippen molar-refractivity contribution in [2.45, 2.75) is 39.5 Å². The molecule has 0 bridgehead atoms. The molecule has 0 aliphatic carbocycles. The van der Waals surface area contributed by atoms with Crippen LogP contribution in [0.25, 0.3) is 0 Å². The number of nitrogens with zero attached hydrogens (tertiary/aromatic N) is 1. The number of aromatic nitrogens is 2. The van der Waals surface area contributed by atoms with E-state index in [0.717, 1.165) is 12.8 Å². The maximum atomic E-state index is 11.3. The molecule has 1 rings (SSSR count). The Hall–Kier alpha value is -1.32. The van der Waals surface area contributed by atoms with Crippen LogP contribution >= 0.6 is 0 Å². The molecule has 1 heterocycles. The van der Waals surface area contributed by atoms with E-state index in [2.05, 4.69) is 9.97 Å². The van der Waals surface area contributed by atoms with Crippen LogP contribution in [0.5, 0.6) is 5.88 Å². The van der Waals surface area contributed by atoms with Gasteiger partial charge in [-0.1, -0.05) is 13.8 Å². The van der Waals surface area contributed by atoms with Gasteiger partial charge in [-0.3, -0.25) is 4.79 Å². The van der Waals surface area contributed by atoms with Crippen LogP contribution in [-0.4, -0.2) is 15.1 Å². The number of nitrogens with one attached hydrogen (secondary N) is 1. The third-order valence-electron chi connectivity index (χ3n) is 2.52. The van der Waals surface area contributed by atoms with E-state index < -0.39 is 0 Å². The van der Waals surface area contributed by atoms with Gasteiger partial charge in [-0.15, -0.1) is 0 Å². The van der Waals surface area contributed by atoms with Gasteiger partial charge in [0, 0.05) is 5.92 Å². The minimum atomic E-state index is -0.251. The van der Waals surface area contributed by atoms with Gasteiger partial charge in [-0.2, -0.15) is 4.98 Å². The highest BCUT2D eigenvalue weighted by molar-refractivity contribution is 5.21. The zero-order chi connectivity index (χ0) is 10.7. The third kappa shape index (κ3) is 1.95. The minimum Gasteiger partial charge on any atom is -0.493 e. The Bertz CT molecular complexity index is 367. The molecule has 0 saturated heterocycles. The fraction of sp³-hybridized carbons (Fsp3) is 0.600. The summed E-state index contributed by atoms with van der Waals surface area (Å²) in [6.07, 6.45) is 1.81. The van der Waals surface area contributed by atoms with E-state index in [1.54, 1.807) is 6.92 Å². The van der Waals surface area contributed by atoms with Crippen LogP contribution in [0.1, 0.15) is 44.0 Å². The van der Waals surface area contributed by atoms with Crippen LogP contribution in [-0.2, 0) is 0 Å². The van der Waals surface area contributed by atoms with Gasteiger partial charge in [-0.05, 0) is 19.8 Å². The highest BCUT2D eigenvalue weighted by atomic mass is 16.3. The molecule has 1 aromatic rings. The second-order valence-corrected chi connectivity index (χ2v) is 3.41. The molecule has 0 unspecified atom stereocenters. The molecule has 0 saturated carbocycles. The number of rotatable bonds is 3. The summed E-state index contributed by atoms with van der Waals surface area (Å²) in [5, 5.41) is 9.39. The van der Waals surface area contributed by atoms with E-state index in [-0.39, 0.29) is 22.9 Å². The lowest BCUT2D eigenvalue weighted by Crippen LogP contribution is -2.16. The van der Waals surface area contributed by atoms with Gasteiger partial charge < -0.3 is 10.1 Å². The molecule has 4 nitrogen and oxygen atoms in total. The molecule has 4 heteroatoms. The van der Waals surface area contributed by atoms with Crippen molar-refractivity contribution >= 4 is 0 Å². The maximum Gasteiger partial charge on any atom is 0.257 e. The monoisotopic (exact) mass is 196 g/mol. The summed E-state index contributed by atoms with van der Waals surface area (Å²) in [6.45, 7) is 5.62. The second kappa shape index (κ2) is 4.26. The van der Waals surface area contributed by atoms with Crippen molar-refractivity contribution in [2.24, 2.45) is 0 Å². The summed E-state index contributed by atoms with van der Waals surface area (Å²) in [6, 6.07) is 0. The lowest BCUT2D eigenvalue weighted by atomic mass is 10.0. The largest absolute Gasteiger partial charge is 0.493 e. The molecule has 0 aromatic carbocycles. The SMILES string of the molecule is CCC(CC)c1nc(O)c(C)c(=O)[nH]1. The zero-order valence-corrected chi connectivity index (χ0v) is 8.79. The van der Waals surface area contributed by atoms with Crippen LogP contribution in [0.2, 0.25) is 0 Å². The van der Waals surface area contributed by atoms with E-state index in [0.29, 0.717) is 5.82 Å². The van der Waals surface area contributed by atoms with E-state index in [1.165, 1.54) is 0 Å². The smallest absolute Gasteiger partial charge is 0.257 e. The van der Waals surface area contributed by atoms with E-state index in [9.17, 15) is 9.90 Å². The number of H-pyrrole nitrogens is 1. The van der Waals surface area contributed by atoms with Gasteiger partial charge in [0.15, 0.2) is 0 Å². The molecular weight excluding hydrogens is 180 g/mol. The molecule has 0 aliphatic rings. The molecule has 14 heavy (non-hydrogen) atoms. The lowest BCUT2D eigenvalue weighted by Gasteiger charge is -2.11. The van der Waals surface area contributed by atoms with Crippen molar-refractivity contribution in [3.05, 3.63) is 21.7 Å². The summed E-state index contributed by atoms with van der Waals surface area (Å²) in [5.74, 6) is 0.646. The maximum absolute atomic E-state index is 11.3. The second-order valence-electron chi connectivity index (χ2n) is 3.41. The highest BCUT2D eigenvalue weighted by Crippen LogP contribution is 2.20. The topological polar surface area (TPSA) is 66.0 Å². The summed E-state index contributed by atoms with van der Waals surface area (Å²) in [7, 11) is 0. The standard InChI is InChI=1S/C10H16N2O2/c1-4-7(5-2)8-11-9(13)6(3)10(14)12-8/h7H,4-5H2,1-3H3,(H2,11,12,13,14). The predicted molar refractivity (Wildman–Crippen MR) is 54.6 cm³/mol. The fourth-order valence-corrected chi connectivity index (χ4v) is 1.41. The van der Waals surface area contributed by atoms with Gasteiger partial charge in [0.1, 0.15) is 5.82 Å². The van der Waals surface area contributed by atoms with Crippen LogP contribution in [0.3, 0.4) is 0 Å². The zero-order valence-electron chi connectivity index (χ0n) is 8.79. The van der Waals surface area contributed by atoms with Crippen LogP contribution in [0.4, 0.5) is 0 Å². The Morgan fingerprint density at radius 2 is 2.00 bits per heavy atom. The third-order valence-corrected chi connectivity index (χ3v) is 2.52. The lowest BCUT2D eigenvalue weighted by molar-refractivity contribution is 0.437. The van der Waals surface area contributed by atoms with Crippen molar-refractivity contribution in [3.63, 3.8) is 0 Å². The molecule has 0 amide bonds. The molecular formula is C10H16N2O2. The highest BCUT2D eigenvalue weighted by Gasteiger charge is 2.12. The first kappa shape index (κ1) is 10.8. The first-order valence-electron chi connectivity index (χ1n) is 4.89. The average molecular weight is 196 g/mol. The van der Waals surface area contributed by atoms with Crippen LogP contribution in [0, 0.1) is 6.92 Å². The Morgan fingerprint density at radius 3 is 2.43 bits per heavy atom. The van der Waals surface area contributed by atoms with Gasteiger partial charge in [-0.25, -0.2) is 0 Å². The van der Waals surface area contributed by atoms with Crippen molar-refractivity contribution in [1.82, 2.24) is 9.97 Å². The van der Waals surface area contributed by atoms with Crippen molar-refractivity contribution in [2.75, 3.05) is 0 Å². The Balaban J connectivity index is 3.18. The number of aromatic hydroxyl groups is 1. The minimum absolute atomic E-state index is 0.157. The number of hydrogen-bond donors (Lipinski definition) is 2. The van der Waals surface area contributed by atoms with E-state index in [4.69, 9.17) is 0 Å². The molecule has 0 spiro atoms. The first-order valence-corrected chi connectivity index (χ1v) is 4.89. The van der Waals surface area contributed by atoms with Crippen molar-refractivity contribution < 1.29 is 5.11 Å². The van der Waals surface area contributed by atoms with E-state index in [1.807, 2.05) is 13.8 Å². The first-order chi connectivity index (χ1) is 6.60. The quantitative estimate of drug-likeness (QED) is 0.773. The Morgan fingerprint density at radius 1 is 1.43 bits per heavy atom. The molecule has 0 radical (unpaired) electrons. The van der Waals surface area contributed by atoms with Crippen LogP contribution in [0.15, 0.2) is 4.79 Å². The predicted octanol–water partition coefficient (Wildman–Crippen LogP) is 1.69. The van der Waals surface area contributed by atoms with Gasteiger partial charge in [0.25, 0.3) is 5.56 Å². The molecule has 1 aromatic heterocycles. The number of hydrogen-bond acceptors (Lipinski definition) is 3. The molecule has 78 valence electrons. The molecule has 2 N–H and O–H groups in total. The number of aromatic amines is 1. The molecule has 0 fully saturated rings. The summed E-state index contributed by atoms with van der Waals surface area (Å²) < 4.78 is 0. The average Bonchev–Trinajstić information content (AvgIpc) is 2.16. The molecule has 0 aliphatic heterocycles. The summed E-state index contributed by atoms with van der Waals surface area (Å²) in [4.78, 5) is 18.0.